The summed E-state index contributed by atoms with van der Waals surface area (Å²) in [7, 11) is 0. The van der Waals surface area contributed by atoms with Crippen LogP contribution in [0.15, 0.2) is 42.6 Å². The number of pyridine rings is 1. The monoisotopic (exact) mass is 352 g/mol. The van der Waals surface area contributed by atoms with E-state index in [0.29, 0.717) is 19.4 Å². The van der Waals surface area contributed by atoms with Crippen molar-refractivity contribution >= 4 is 17.4 Å². The van der Waals surface area contributed by atoms with Gasteiger partial charge in [0.2, 0.25) is 5.91 Å². The van der Waals surface area contributed by atoms with Crippen LogP contribution in [0.1, 0.15) is 43.2 Å². The molecule has 1 aliphatic rings. The first-order chi connectivity index (χ1) is 12.7. The highest BCUT2D eigenvalue weighted by atomic mass is 16.1. The number of aryl methyl sites for hydroxylation is 1. The number of rotatable bonds is 6. The number of amides is 1. The molecule has 3 rings (SSSR count). The third kappa shape index (κ3) is 5.22. The normalized spacial score (nSPS) is 14.7. The van der Waals surface area contributed by atoms with Crippen molar-refractivity contribution in [3.8, 4) is 0 Å². The molecule has 1 aromatic carbocycles. The van der Waals surface area contributed by atoms with Gasteiger partial charge < -0.3 is 16.0 Å². The number of nitrogens with two attached hydrogens (primary N) is 1. The molecule has 2 aromatic rings. The van der Waals surface area contributed by atoms with Crippen LogP contribution in [0.3, 0.4) is 0 Å². The SMILES string of the molecule is Nc1ccccc1CCC(=O)NCc1ccc(N2CCCCCC2)nc1. The van der Waals surface area contributed by atoms with Crippen LogP contribution in [0.5, 0.6) is 0 Å². The maximum Gasteiger partial charge on any atom is 0.220 e. The molecular formula is C21H28N4O. The molecule has 0 saturated carbocycles. The molecule has 2 heterocycles. The summed E-state index contributed by atoms with van der Waals surface area (Å²) in [5.74, 6) is 1.08. The largest absolute Gasteiger partial charge is 0.399 e. The minimum absolute atomic E-state index is 0.0323. The highest BCUT2D eigenvalue weighted by molar-refractivity contribution is 5.76. The zero-order valence-corrected chi connectivity index (χ0v) is 15.3. The van der Waals surface area contributed by atoms with E-state index in [4.69, 9.17) is 5.73 Å². The first-order valence-electron chi connectivity index (χ1n) is 9.52. The number of nitrogens with zero attached hydrogens (tertiary/aromatic N) is 2. The van der Waals surface area contributed by atoms with Gasteiger partial charge in [0, 0.05) is 37.9 Å². The number of aromatic nitrogens is 1. The van der Waals surface area contributed by atoms with Crippen molar-refractivity contribution in [1.82, 2.24) is 10.3 Å². The average molecular weight is 352 g/mol. The molecule has 1 aliphatic heterocycles. The van der Waals surface area contributed by atoms with E-state index in [1.165, 1.54) is 25.7 Å². The van der Waals surface area contributed by atoms with Gasteiger partial charge in [-0.25, -0.2) is 4.98 Å². The Labute approximate surface area is 155 Å². The fourth-order valence-corrected chi connectivity index (χ4v) is 3.31. The lowest BCUT2D eigenvalue weighted by molar-refractivity contribution is -0.121. The van der Waals surface area contributed by atoms with Gasteiger partial charge in [-0.05, 0) is 42.5 Å². The minimum Gasteiger partial charge on any atom is -0.399 e. The molecule has 1 fully saturated rings. The molecule has 1 aromatic heterocycles. The Bertz CT molecular complexity index is 706. The Morgan fingerprint density at radius 2 is 1.85 bits per heavy atom. The number of hydrogen-bond acceptors (Lipinski definition) is 4. The van der Waals surface area contributed by atoms with Crippen molar-refractivity contribution < 1.29 is 4.79 Å². The highest BCUT2D eigenvalue weighted by Gasteiger charge is 2.11. The van der Waals surface area contributed by atoms with E-state index < -0.39 is 0 Å². The Morgan fingerprint density at radius 3 is 2.54 bits per heavy atom. The molecule has 0 spiro atoms. The van der Waals surface area contributed by atoms with Gasteiger partial charge in [0.15, 0.2) is 0 Å². The maximum absolute atomic E-state index is 12.1. The standard InChI is InChI=1S/C21H28N4O/c22-19-8-4-3-7-18(19)10-12-21(26)24-16-17-9-11-20(23-15-17)25-13-5-1-2-6-14-25/h3-4,7-9,11,15H,1-2,5-6,10,12-14,16,22H2,(H,24,26). The molecule has 0 atom stereocenters. The van der Waals surface area contributed by atoms with Crippen molar-refractivity contribution in [3.63, 3.8) is 0 Å². The van der Waals surface area contributed by atoms with Crippen LogP contribution >= 0.6 is 0 Å². The summed E-state index contributed by atoms with van der Waals surface area (Å²) in [4.78, 5) is 19.0. The van der Waals surface area contributed by atoms with Crippen LogP contribution in [0.25, 0.3) is 0 Å². The van der Waals surface area contributed by atoms with Gasteiger partial charge in [0.1, 0.15) is 5.82 Å². The molecule has 1 saturated heterocycles. The summed E-state index contributed by atoms with van der Waals surface area (Å²) in [6.07, 6.45) is 8.08. The molecule has 0 unspecified atom stereocenters. The highest BCUT2D eigenvalue weighted by Crippen LogP contribution is 2.17. The smallest absolute Gasteiger partial charge is 0.220 e. The second-order valence-electron chi connectivity index (χ2n) is 6.90. The van der Waals surface area contributed by atoms with E-state index in [2.05, 4.69) is 27.3 Å². The summed E-state index contributed by atoms with van der Waals surface area (Å²) in [5.41, 5.74) is 8.70. The van der Waals surface area contributed by atoms with Crippen molar-refractivity contribution in [2.24, 2.45) is 0 Å². The van der Waals surface area contributed by atoms with Gasteiger partial charge in [0.05, 0.1) is 0 Å². The molecule has 138 valence electrons. The van der Waals surface area contributed by atoms with Crippen molar-refractivity contribution in [3.05, 3.63) is 53.7 Å². The van der Waals surface area contributed by atoms with Gasteiger partial charge in [-0.15, -0.1) is 0 Å². The topological polar surface area (TPSA) is 71.2 Å². The molecule has 0 bridgehead atoms. The number of para-hydroxylation sites is 1. The predicted octanol–water partition coefficient (Wildman–Crippen LogP) is 3.29. The van der Waals surface area contributed by atoms with E-state index in [9.17, 15) is 4.79 Å². The minimum atomic E-state index is 0.0323. The quantitative estimate of drug-likeness (QED) is 0.783. The van der Waals surface area contributed by atoms with E-state index in [0.717, 1.165) is 35.7 Å². The summed E-state index contributed by atoms with van der Waals surface area (Å²) >= 11 is 0. The zero-order valence-electron chi connectivity index (χ0n) is 15.3. The van der Waals surface area contributed by atoms with Crippen LogP contribution in [-0.2, 0) is 17.8 Å². The molecule has 3 N–H and O–H groups in total. The lowest BCUT2D eigenvalue weighted by Crippen LogP contribution is -2.25. The second kappa shape index (κ2) is 9.22. The van der Waals surface area contributed by atoms with Gasteiger partial charge in [-0.2, -0.15) is 0 Å². The number of carbonyl (C=O) groups is 1. The summed E-state index contributed by atoms with van der Waals surface area (Å²) in [5, 5.41) is 2.96. The molecule has 0 radical (unpaired) electrons. The van der Waals surface area contributed by atoms with E-state index in [1.54, 1.807) is 0 Å². The van der Waals surface area contributed by atoms with Crippen molar-refractivity contribution in [2.45, 2.75) is 45.1 Å². The third-order valence-corrected chi connectivity index (χ3v) is 4.91. The van der Waals surface area contributed by atoms with Gasteiger partial charge >= 0.3 is 0 Å². The lowest BCUT2D eigenvalue weighted by Gasteiger charge is -2.21. The second-order valence-corrected chi connectivity index (χ2v) is 6.90. The molecule has 5 heteroatoms. The van der Waals surface area contributed by atoms with Gasteiger partial charge in [0.25, 0.3) is 0 Å². The molecule has 5 nitrogen and oxygen atoms in total. The summed E-state index contributed by atoms with van der Waals surface area (Å²) in [6.45, 7) is 2.69. The fourth-order valence-electron chi connectivity index (χ4n) is 3.31. The van der Waals surface area contributed by atoms with Crippen molar-refractivity contribution in [1.29, 1.82) is 0 Å². The first-order valence-corrected chi connectivity index (χ1v) is 9.52. The number of nitrogen functional groups attached to an aromatic ring is 1. The van der Waals surface area contributed by atoms with Crippen LogP contribution in [0, 0.1) is 0 Å². The van der Waals surface area contributed by atoms with Crippen LogP contribution in [-0.4, -0.2) is 24.0 Å². The number of nitrogens with one attached hydrogen (secondary N) is 1. The number of anilines is 2. The van der Waals surface area contributed by atoms with Crippen LogP contribution in [0.2, 0.25) is 0 Å². The summed E-state index contributed by atoms with van der Waals surface area (Å²) in [6, 6.07) is 11.8. The van der Waals surface area contributed by atoms with E-state index in [1.807, 2.05) is 30.5 Å². The maximum atomic E-state index is 12.1. The Balaban J connectivity index is 1.45. The average Bonchev–Trinajstić information content (AvgIpc) is 2.96. The van der Waals surface area contributed by atoms with E-state index in [-0.39, 0.29) is 5.91 Å². The summed E-state index contributed by atoms with van der Waals surface area (Å²) < 4.78 is 0. The Kier molecular flexibility index (Phi) is 6.47. The Morgan fingerprint density at radius 1 is 1.08 bits per heavy atom. The fraction of sp³-hybridized carbons (Fsp3) is 0.429. The third-order valence-electron chi connectivity index (χ3n) is 4.91. The number of hydrogen-bond donors (Lipinski definition) is 2. The van der Waals surface area contributed by atoms with Crippen LogP contribution < -0.4 is 16.0 Å². The van der Waals surface area contributed by atoms with Crippen LogP contribution in [0.4, 0.5) is 11.5 Å². The molecule has 26 heavy (non-hydrogen) atoms. The van der Waals surface area contributed by atoms with Gasteiger partial charge in [-0.1, -0.05) is 37.1 Å². The molecular weight excluding hydrogens is 324 g/mol. The van der Waals surface area contributed by atoms with Gasteiger partial charge in [-0.3, -0.25) is 4.79 Å². The molecule has 1 amide bonds. The predicted molar refractivity (Wildman–Crippen MR) is 106 cm³/mol. The number of carbonyl (C=O) groups excluding carboxylic acids is 1. The Hall–Kier alpha value is -2.56. The lowest BCUT2D eigenvalue weighted by atomic mass is 10.1. The number of benzene rings is 1. The zero-order chi connectivity index (χ0) is 18.2. The van der Waals surface area contributed by atoms with E-state index >= 15 is 0 Å². The van der Waals surface area contributed by atoms with Crippen molar-refractivity contribution in [2.75, 3.05) is 23.7 Å². The first kappa shape index (κ1) is 18.2. The molecule has 0 aliphatic carbocycles.